The predicted molar refractivity (Wildman–Crippen MR) is 141 cm³/mol. The zero-order valence-corrected chi connectivity index (χ0v) is 20.5. The number of benzene rings is 1. The number of pyridine rings is 1. The molecule has 33 heavy (non-hydrogen) atoms. The highest BCUT2D eigenvalue weighted by Crippen LogP contribution is 2.22. The van der Waals surface area contributed by atoms with E-state index in [2.05, 4.69) is 76.8 Å². The van der Waals surface area contributed by atoms with Gasteiger partial charge >= 0.3 is 0 Å². The Morgan fingerprint density at radius 2 is 1.82 bits per heavy atom. The van der Waals surface area contributed by atoms with E-state index in [0.29, 0.717) is 0 Å². The minimum absolute atomic E-state index is 0. The van der Waals surface area contributed by atoms with Crippen LogP contribution in [0.4, 0.5) is 0 Å². The maximum absolute atomic E-state index is 7.15. The summed E-state index contributed by atoms with van der Waals surface area (Å²) in [5.41, 5.74) is 9.82. The smallest absolute Gasteiger partial charge is 0.195 e. The van der Waals surface area contributed by atoms with E-state index in [-0.39, 0.29) is 24.3 Å². The number of nitrogens with two attached hydrogens (primary N) is 1. The monoisotopic (exact) mass is 471 g/mol. The van der Waals surface area contributed by atoms with Crippen molar-refractivity contribution in [2.45, 2.75) is 39.5 Å². The van der Waals surface area contributed by atoms with Gasteiger partial charge in [0.1, 0.15) is 0 Å². The van der Waals surface area contributed by atoms with Crippen LogP contribution in [0.5, 0.6) is 0 Å². The number of hydrogen-bond acceptors (Lipinski definition) is 4. The Balaban J connectivity index is 0.000000391. The number of aryl methyl sites for hydroxylation is 1. The molecule has 1 aromatic heterocycles. The van der Waals surface area contributed by atoms with Crippen LogP contribution in [0.1, 0.15) is 49.4 Å². The van der Waals surface area contributed by atoms with Crippen molar-refractivity contribution in [3.05, 3.63) is 71.6 Å². The summed E-state index contributed by atoms with van der Waals surface area (Å²) in [6, 6.07) is 14.8. The van der Waals surface area contributed by atoms with Gasteiger partial charge in [-0.1, -0.05) is 55.3 Å². The van der Waals surface area contributed by atoms with Crippen LogP contribution in [0.3, 0.4) is 0 Å². The maximum atomic E-state index is 7.15. The summed E-state index contributed by atoms with van der Waals surface area (Å²) < 4.78 is 0. The number of rotatable bonds is 7. The highest BCUT2D eigenvalue weighted by atomic mass is 35.5. The third-order valence-corrected chi connectivity index (χ3v) is 5.15. The van der Waals surface area contributed by atoms with E-state index in [1.165, 1.54) is 42.6 Å². The minimum Gasteiger partial charge on any atom is -0.370 e. The summed E-state index contributed by atoms with van der Waals surface area (Å²) in [6.45, 7) is 8.40. The molecule has 0 bridgehead atoms. The van der Waals surface area contributed by atoms with Crippen LogP contribution in [-0.2, 0) is 0 Å². The first-order valence-corrected chi connectivity index (χ1v) is 11.3. The quantitative estimate of drug-likeness (QED) is 0.236. The fraction of sp³-hybridized carbons (Fsp3) is 0.400. The van der Waals surface area contributed by atoms with Crippen LogP contribution < -0.4 is 16.4 Å². The first-order chi connectivity index (χ1) is 15.5. The second-order valence-corrected chi connectivity index (χ2v) is 7.90. The largest absolute Gasteiger partial charge is 0.370 e. The molecule has 1 saturated heterocycles. The van der Waals surface area contributed by atoms with Crippen molar-refractivity contribution >= 4 is 29.9 Å². The summed E-state index contributed by atoms with van der Waals surface area (Å²) in [5.74, 6) is -0.120. The van der Waals surface area contributed by atoms with Crippen molar-refractivity contribution in [1.82, 2.24) is 20.5 Å². The molecule has 2 aromatic rings. The lowest BCUT2D eigenvalue weighted by Crippen LogP contribution is -2.43. The number of nitrogens with one attached hydrogen (secondary N) is 4. The number of aromatic nitrogens is 1. The summed E-state index contributed by atoms with van der Waals surface area (Å²) >= 11 is 0. The van der Waals surface area contributed by atoms with Crippen LogP contribution >= 0.6 is 12.4 Å². The van der Waals surface area contributed by atoms with Crippen molar-refractivity contribution in [2.75, 3.05) is 26.2 Å². The van der Waals surface area contributed by atoms with Gasteiger partial charge in [-0.25, -0.2) is 0 Å². The molecule has 0 atom stereocenters. The number of likely N-dealkylation sites (tertiary alicyclic amines) is 1. The lowest BCUT2D eigenvalue weighted by atomic mass is 10.0. The van der Waals surface area contributed by atoms with E-state index < -0.39 is 0 Å². The Morgan fingerprint density at radius 1 is 1.12 bits per heavy atom. The number of halogens is 1. The molecule has 8 heteroatoms. The molecule has 180 valence electrons. The molecule has 6 N–H and O–H groups in total. The van der Waals surface area contributed by atoms with Crippen molar-refractivity contribution in [3.8, 4) is 0 Å². The molecule has 0 amide bonds. The molecule has 1 fully saturated rings. The Bertz CT molecular complexity index is 860. The molecule has 7 nitrogen and oxygen atoms in total. The molecule has 0 spiro atoms. The molecule has 0 unspecified atom stereocenters. The second kappa shape index (κ2) is 15.8. The normalized spacial score (nSPS) is 13.3. The predicted octanol–water partition coefficient (Wildman–Crippen LogP) is 4.13. The number of nitrogens with zero attached hydrogens (tertiary/aromatic N) is 2. The first-order valence-electron chi connectivity index (χ1n) is 11.3. The Kier molecular flexibility index (Phi) is 13.5. The van der Waals surface area contributed by atoms with Gasteiger partial charge in [0.25, 0.3) is 0 Å². The summed E-state index contributed by atoms with van der Waals surface area (Å²) in [7, 11) is 0. The van der Waals surface area contributed by atoms with Gasteiger partial charge in [-0.15, -0.1) is 12.4 Å². The van der Waals surface area contributed by atoms with Gasteiger partial charge in [-0.3, -0.25) is 26.0 Å². The Hall–Kier alpha value is -2.90. The molecular formula is C25H38ClN7. The fourth-order valence-electron chi connectivity index (χ4n) is 3.38. The SMILES string of the molecule is CCCCNC(=N)NC(=N)N.Cc1ccc(/C(=C\CN2CCCC2)c2ccccn2)cc1.Cl. The average Bonchev–Trinajstić information content (AvgIpc) is 3.30. The van der Waals surface area contributed by atoms with Crippen LogP contribution in [0.2, 0.25) is 0 Å². The lowest BCUT2D eigenvalue weighted by molar-refractivity contribution is 0.377. The zero-order valence-electron chi connectivity index (χ0n) is 19.7. The van der Waals surface area contributed by atoms with E-state index in [0.717, 1.165) is 31.6 Å². The molecule has 1 aliphatic rings. The molecule has 0 saturated carbocycles. The summed E-state index contributed by atoms with van der Waals surface area (Å²) in [6.07, 6.45) is 8.96. The summed E-state index contributed by atoms with van der Waals surface area (Å²) in [4.78, 5) is 7.05. The van der Waals surface area contributed by atoms with Crippen LogP contribution in [0, 0.1) is 17.7 Å². The van der Waals surface area contributed by atoms with E-state index in [1.807, 2.05) is 12.3 Å². The third-order valence-electron chi connectivity index (χ3n) is 5.15. The first kappa shape index (κ1) is 28.1. The second-order valence-electron chi connectivity index (χ2n) is 7.90. The minimum atomic E-state index is -0.209. The molecule has 0 aliphatic carbocycles. The van der Waals surface area contributed by atoms with Gasteiger partial charge in [0.2, 0.25) is 0 Å². The van der Waals surface area contributed by atoms with E-state index >= 15 is 0 Å². The van der Waals surface area contributed by atoms with Crippen molar-refractivity contribution in [3.63, 3.8) is 0 Å². The highest BCUT2D eigenvalue weighted by molar-refractivity contribution is 5.94. The van der Waals surface area contributed by atoms with Gasteiger partial charge in [0, 0.05) is 24.9 Å². The highest BCUT2D eigenvalue weighted by Gasteiger charge is 2.11. The lowest BCUT2D eigenvalue weighted by Gasteiger charge is -2.14. The maximum Gasteiger partial charge on any atom is 0.195 e. The topological polar surface area (TPSA) is 114 Å². The molecular weight excluding hydrogens is 434 g/mol. The van der Waals surface area contributed by atoms with Gasteiger partial charge in [-0.05, 0) is 57.0 Å². The summed E-state index contributed by atoms with van der Waals surface area (Å²) in [5, 5.41) is 19.0. The van der Waals surface area contributed by atoms with Gasteiger partial charge in [0.15, 0.2) is 11.9 Å². The van der Waals surface area contributed by atoms with Crippen molar-refractivity contribution < 1.29 is 0 Å². The standard InChI is InChI=1S/C19H22N2.C6H15N5.ClH/c1-16-7-9-17(10-8-16)18(19-6-2-3-12-20-19)11-15-21-13-4-5-14-21;1-2-3-4-10-6(9)11-5(7)8;/h2-3,6-12H,4-5,13-15H2,1H3;2-4H2,1H3,(H6,7,8,9,10,11);1H/b18-11+;;. The number of unbranched alkanes of at least 4 members (excludes halogenated alkanes) is 1. The van der Waals surface area contributed by atoms with Gasteiger partial charge in [0.05, 0.1) is 5.69 Å². The Morgan fingerprint density at radius 3 is 2.39 bits per heavy atom. The molecule has 2 heterocycles. The van der Waals surface area contributed by atoms with E-state index in [9.17, 15) is 0 Å². The Labute approximate surface area is 204 Å². The number of guanidine groups is 2. The molecule has 3 rings (SSSR count). The third kappa shape index (κ3) is 11.0. The van der Waals surface area contributed by atoms with Crippen LogP contribution in [0.25, 0.3) is 5.57 Å². The zero-order chi connectivity index (χ0) is 23.2. The fourth-order valence-corrected chi connectivity index (χ4v) is 3.38. The van der Waals surface area contributed by atoms with Crippen molar-refractivity contribution in [2.24, 2.45) is 5.73 Å². The van der Waals surface area contributed by atoms with Crippen LogP contribution in [-0.4, -0.2) is 48.0 Å². The van der Waals surface area contributed by atoms with E-state index in [1.54, 1.807) is 0 Å². The molecule has 0 radical (unpaired) electrons. The molecule has 1 aliphatic heterocycles. The number of hydrogen-bond donors (Lipinski definition) is 5. The molecule has 1 aromatic carbocycles. The average molecular weight is 472 g/mol. The van der Waals surface area contributed by atoms with E-state index in [4.69, 9.17) is 16.6 Å². The van der Waals surface area contributed by atoms with Gasteiger partial charge < -0.3 is 11.1 Å². The van der Waals surface area contributed by atoms with Crippen molar-refractivity contribution in [1.29, 1.82) is 10.8 Å². The van der Waals surface area contributed by atoms with Crippen LogP contribution in [0.15, 0.2) is 54.7 Å². The van der Waals surface area contributed by atoms with Gasteiger partial charge in [-0.2, -0.15) is 0 Å².